The molecule has 1 fully saturated rings. The Labute approximate surface area is 186 Å². The minimum atomic E-state index is -3.69. The van der Waals surface area contributed by atoms with Crippen molar-refractivity contribution in [3.63, 3.8) is 0 Å². The van der Waals surface area contributed by atoms with Gasteiger partial charge in [0.2, 0.25) is 15.9 Å². The largest absolute Gasteiger partial charge is 0.373 e. The Kier molecular flexibility index (Phi) is 7.32. The van der Waals surface area contributed by atoms with E-state index in [9.17, 15) is 18.0 Å². The first-order chi connectivity index (χ1) is 14.6. The highest BCUT2D eigenvalue weighted by Crippen LogP contribution is 2.21. The van der Waals surface area contributed by atoms with Crippen molar-refractivity contribution in [2.75, 3.05) is 25.0 Å². The Morgan fingerprint density at radius 1 is 1.03 bits per heavy atom. The van der Waals surface area contributed by atoms with Gasteiger partial charge in [-0.2, -0.15) is 4.31 Å². The monoisotopic (exact) mass is 465 g/mol. The molecule has 1 aliphatic heterocycles. The first-order valence-corrected chi connectivity index (χ1v) is 11.6. The molecule has 0 aliphatic carbocycles. The number of hydrogen-bond acceptors (Lipinski definition) is 5. The molecule has 2 aromatic rings. The SMILES string of the molecule is CC1CN(S(=O)(=O)c2ccc(C(=O)NCC(=O)Nc3ccc(Cl)cc3)cc2)CC(C)O1. The number of hydrogen-bond donors (Lipinski definition) is 2. The molecule has 0 saturated carbocycles. The molecule has 0 radical (unpaired) electrons. The van der Waals surface area contributed by atoms with Crippen molar-refractivity contribution in [3.8, 4) is 0 Å². The van der Waals surface area contributed by atoms with E-state index >= 15 is 0 Å². The maximum atomic E-state index is 12.9. The fourth-order valence-electron chi connectivity index (χ4n) is 3.26. The lowest BCUT2D eigenvalue weighted by atomic mass is 10.2. The second kappa shape index (κ2) is 9.78. The summed E-state index contributed by atoms with van der Waals surface area (Å²) in [6.45, 7) is 3.98. The Balaban J connectivity index is 1.58. The number of ether oxygens (including phenoxy) is 1. The molecule has 166 valence electrons. The van der Waals surface area contributed by atoms with Gasteiger partial charge in [-0.3, -0.25) is 9.59 Å². The van der Waals surface area contributed by atoms with Crippen LogP contribution in [0, 0.1) is 0 Å². The van der Waals surface area contributed by atoms with E-state index < -0.39 is 21.8 Å². The highest BCUT2D eigenvalue weighted by molar-refractivity contribution is 7.89. The average Bonchev–Trinajstić information content (AvgIpc) is 2.73. The van der Waals surface area contributed by atoms with Crippen LogP contribution < -0.4 is 10.6 Å². The molecule has 2 N–H and O–H groups in total. The number of halogens is 1. The molecule has 2 amide bonds. The van der Waals surface area contributed by atoms with E-state index in [0.29, 0.717) is 10.7 Å². The number of carbonyl (C=O) groups is 2. The number of carbonyl (C=O) groups excluding carboxylic acids is 2. The van der Waals surface area contributed by atoms with Crippen LogP contribution in [0.3, 0.4) is 0 Å². The molecule has 31 heavy (non-hydrogen) atoms. The highest BCUT2D eigenvalue weighted by atomic mass is 35.5. The first kappa shape index (κ1) is 23.2. The van der Waals surface area contributed by atoms with Crippen molar-refractivity contribution in [3.05, 3.63) is 59.1 Å². The molecule has 0 bridgehead atoms. The van der Waals surface area contributed by atoms with Crippen LogP contribution in [-0.4, -0.2) is 56.4 Å². The number of rotatable bonds is 6. The van der Waals surface area contributed by atoms with Crippen LogP contribution in [0.4, 0.5) is 5.69 Å². The summed E-state index contributed by atoms with van der Waals surface area (Å²) in [5.74, 6) is -0.880. The summed E-state index contributed by atoms with van der Waals surface area (Å²) in [6.07, 6.45) is -0.384. The fraction of sp³-hybridized carbons (Fsp3) is 0.333. The zero-order chi connectivity index (χ0) is 22.6. The minimum absolute atomic E-state index is 0.103. The summed E-state index contributed by atoms with van der Waals surface area (Å²) in [6, 6.07) is 12.2. The van der Waals surface area contributed by atoms with Crippen LogP contribution in [0.15, 0.2) is 53.4 Å². The molecule has 3 rings (SSSR count). The third kappa shape index (κ3) is 6.04. The molecule has 0 spiro atoms. The van der Waals surface area contributed by atoms with Gasteiger partial charge >= 0.3 is 0 Å². The van der Waals surface area contributed by atoms with Gasteiger partial charge in [0, 0.05) is 29.4 Å². The molecule has 0 aromatic heterocycles. The number of anilines is 1. The lowest BCUT2D eigenvalue weighted by Crippen LogP contribution is -2.48. The van der Waals surface area contributed by atoms with Crippen LogP contribution >= 0.6 is 11.6 Å². The Hall–Kier alpha value is -2.46. The summed E-state index contributed by atoms with van der Waals surface area (Å²) in [4.78, 5) is 24.4. The maximum absolute atomic E-state index is 12.9. The number of nitrogens with zero attached hydrogens (tertiary/aromatic N) is 1. The summed E-state index contributed by atoms with van der Waals surface area (Å²) >= 11 is 5.80. The third-order valence-electron chi connectivity index (χ3n) is 4.68. The van der Waals surface area contributed by atoms with Crippen LogP contribution in [0.2, 0.25) is 5.02 Å². The van der Waals surface area contributed by atoms with E-state index in [1.807, 2.05) is 13.8 Å². The van der Waals surface area contributed by atoms with E-state index in [-0.39, 0.29) is 42.3 Å². The minimum Gasteiger partial charge on any atom is -0.373 e. The molecule has 8 nitrogen and oxygen atoms in total. The lowest BCUT2D eigenvalue weighted by molar-refractivity contribution is -0.115. The van der Waals surface area contributed by atoms with E-state index in [0.717, 1.165) is 0 Å². The van der Waals surface area contributed by atoms with Crippen molar-refractivity contribution in [2.24, 2.45) is 0 Å². The van der Waals surface area contributed by atoms with Crippen molar-refractivity contribution in [1.82, 2.24) is 9.62 Å². The number of nitrogens with one attached hydrogen (secondary N) is 2. The van der Waals surface area contributed by atoms with Gasteiger partial charge in [0.05, 0.1) is 23.6 Å². The normalized spacial score (nSPS) is 19.6. The second-order valence-electron chi connectivity index (χ2n) is 7.34. The quantitative estimate of drug-likeness (QED) is 0.682. The van der Waals surface area contributed by atoms with E-state index in [1.165, 1.54) is 28.6 Å². The van der Waals surface area contributed by atoms with E-state index in [4.69, 9.17) is 16.3 Å². The Morgan fingerprint density at radius 2 is 1.61 bits per heavy atom. The van der Waals surface area contributed by atoms with Gasteiger partial charge in [0.15, 0.2) is 0 Å². The van der Waals surface area contributed by atoms with Gasteiger partial charge in [-0.05, 0) is 62.4 Å². The van der Waals surface area contributed by atoms with Crippen LogP contribution in [0.25, 0.3) is 0 Å². The van der Waals surface area contributed by atoms with Crippen LogP contribution in [0.1, 0.15) is 24.2 Å². The maximum Gasteiger partial charge on any atom is 0.251 e. The zero-order valence-electron chi connectivity index (χ0n) is 17.2. The van der Waals surface area contributed by atoms with Crippen molar-refractivity contribution >= 4 is 39.1 Å². The molecule has 2 unspecified atom stereocenters. The van der Waals surface area contributed by atoms with Crippen molar-refractivity contribution in [2.45, 2.75) is 31.0 Å². The molecule has 2 atom stereocenters. The van der Waals surface area contributed by atoms with Gasteiger partial charge in [-0.15, -0.1) is 0 Å². The Bertz CT molecular complexity index is 1030. The lowest BCUT2D eigenvalue weighted by Gasteiger charge is -2.34. The molecule has 1 heterocycles. The summed E-state index contributed by atoms with van der Waals surface area (Å²) in [7, 11) is -3.69. The Morgan fingerprint density at radius 3 is 2.19 bits per heavy atom. The molecule has 1 aliphatic rings. The summed E-state index contributed by atoms with van der Waals surface area (Å²) < 4.78 is 32.7. The topological polar surface area (TPSA) is 105 Å². The van der Waals surface area contributed by atoms with Crippen LogP contribution in [-0.2, 0) is 19.6 Å². The number of morpholine rings is 1. The van der Waals surface area contributed by atoms with Crippen molar-refractivity contribution in [1.29, 1.82) is 0 Å². The summed E-state index contributed by atoms with van der Waals surface area (Å²) in [5.41, 5.74) is 0.812. The predicted octanol–water partition coefficient (Wildman–Crippen LogP) is 2.51. The van der Waals surface area contributed by atoms with Gasteiger partial charge in [-0.1, -0.05) is 11.6 Å². The van der Waals surface area contributed by atoms with Crippen LogP contribution in [0.5, 0.6) is 0 Å². The molecular weight excluding hydrogens is 442 g/mol. The highest BCUT2D eigenvalue weighted by Gasteiger charge is 2.32. The predicted molar refractivity (Wildman–Crippen MR) is 118 cm³/mol. The molecular formula is C21H24ClN3O5S. The zero-order valence-corrected chi connectivity index (χ0v) is 18.7. The fourth-order valence-corrected chi connectivity index (χ4v) is 4.97. The second-order valence-corrected chi connectivity index (χ2v) is 9.72. The van der Waals surface area contributed by atoms with Gasteiger partial charge in [0.1, 0.15) is 0 Å². The van der Waals surface area contributed by atoms with E-state index in [2.05, 4.69) is 10.6 Å². The first-order valence-electron chi connectivity index (χ1n) is 9.74. The molecule has 2 aromatic carbocycles. The van der Waals surface area contributed by atoms with Crippen molar-refractivity contribution < 1.29 is 22.7 Å². The number of amides is 2. The third-order valence-corrected chi connectivity index (χ3v) is 6.78. The summed E-state index contributed by atoms with van der Waals surface area (Å²) in [5, 5.41) is 5.70. The standard InChI is InChI=1S/C21H24ClN3O5S/c1-14-12-25(13-15(2)30-14)31(28,29)19-9-3-16(4-10-19)21(27)23-11-20(26)24-18-7-5-17(22)6-8-18/h3-10,14-15H,11-13H2,1-2H3,(H,23,27)(H,24,26). The van der Waals surface area contributed by atoms with Gasteiger partial charge in [0.25, 0.3) is 5.91 Å². The molecule has 1 saturated heterocycles. The van der Waals surface area contributed by atoms with Gasteiger partial charge in [-0.25, -0.2) is 8.42 Å². The average molecular weight is 466 g/mol. The van der Waals surface area contributed by atoms with Gasteiger partial charge < -0.3 is 15.4 Å². The van der Waals surface area contributed by atoms with E-state index in [1.54, 1.807) is 24.3 Å². The smallest absolute Gasteiger partial charge is 0.251 e. The number of sulfonamides is 1. The number of benzene rings is 2. The molecule has 10 heteroatoms.